The maximum absolute atomic E-state index is 14.1. The summed E-state index contributed by atoms with van der Waals surface area (Å²) in [6, 6.07) is 22.8. The van der Waals surface area contributed by atoms with E-state index in [4.69, 9.17) is 11.6 Å². The van der Waals surface area contributed by atoms with Crippen molar-refractivity contribution in [1.29, 1.82) is 0 Å². The van der Waals surface area contributed by atoms with Crippen molar-refractivity contribution in [2.45, 2.75) is 25.2 Å². The van der Waals surface area contributed by atoms with Crippen LogP contribution in [0.3, 0.4) is 0 Å². The molecule has 0 amide bonds. The van der Waals surface area contributed by atoms with E-state index in [9.17, 15) is 4.39 Å². The lowest BCUT2D eigenvalue weighted by Gasteiger charge is -2.14. The first-order valence-electron chi connectivity index (χ1n) is 9.14. The Hall–Kier alpha value is -2.58. The second-order valence-electron chi connectivity index (χ2n) is 6.59. The van der Waals surface area contributed by atoms with Crippen LogP contribution in [0.1, 0.15) is 29.9 Å². The second-order valence-corrected chi connectivity index (χ2v) is 7.03. The van der Waals surface area contributed by atoms with Gasteiger partial charge in [0.25, 0.3) is 0 Å². The first kappa shape index (κ1) is 19.2. The fraction of sp³-hybridized carbons (Fsp3) is 0.167. The summed E-state index contributed by atoms with van der Waals surface area (Å²) < 4.78 is 14.1. The zero-order chi connectivity index (χ0) is 19.1. The van der Waals surface area contributed by atoms with E-state index in [1.165, 1.54) is 11.6 Å². The van der Waals surface area contributed by atoms with E-state index in [1.807, 2.05) is 60.7 Å². The topological polar surface area (TPSA) is 12.0 Å². The lowest BCUT2D eigenvalue weighted by Crippen LogP contribution is -1.98. The third-order valence-electron chi connectivity index (χ3n) is 4.65. The Morgan fingerprint density at radius 2 is 1.74 bits per heavy atom. The van der Waals surface area contributed by atoms with Crippen molar-refractivity contribution in [2.24, 2.45) is 0 Å². The van der Waals surface area contributed by atoms with Crippen LogP contribution in [0.2, 0.25) is 5.02 Å². The molecule has 1 N–H and O–H groups in total. The molecule has 0 aliphatic heterocycles. The van der Waals surface area contributed by atoms with Gasteiger partial charge in [0.15, 0.2) is 0 Å². The molecule has 27 heavy (non-hydrogen) atoms. The number of rotatable bonds is 8. The van der Waals surface area contributed by atoms with Crippen LogP contribution >= 0.6 is 11.6 Å². The predicted molar refractivity (Wildman–Crippen MR) is 113 cm³/mol. The summed E-state index contributed by atoms with van der Waals surface area (Å²) in [7, 11) is 0. The highest BCUT2D eigenvalue weighted by Gasteiger charge is 2.09. The molecule has 0 bridgehead atoms. The van der Waals surface area contributed by atoms with Crippen LogP contribution in [-0.2, 0) is 6.42 Å². The highest BCUT2D eigenvalue weighted by atomic mass is 35.5. The van der Waals surface area contributed by atoms with Crippen LogP contribution in [0.25, 0.3) is 0 Å². The van der Waals surface area contributed by atoms with Crippen molar-refractivity contribution in [3.05, 3.63) is 107 Å². The Labute approximate surface area is 165 Å². The number of hydrogen-bond acceptors (Lipinski definition) is 1. The standard InChI is InChI=1S/C24H23ClFN/c1-2-19(20-12-14-21(25)15-13-20)8-6-7-18-11-16-23(26)24(17-18)27-22-9-4-3-5-10-22/h2-5,9-17,19,27H,1,6-8H2. The van der Waals surface area contributed by atoms with E-state index in [0.29, 0.717) is 11.6 Å². The Morgan fingerprint density at radius 1 is 1.00 bits per heavy atom. The van der Waals surface area contributed by atoms with Gasteiger partial charge in [-0.15, -0.1) is 6.58 Å². The number of hydrogen-bond donors (Lipinski definition) is 1. The van der Waals surface area contributed by atoms with Gasteiger partial charge in [-0.25, -0.2) is 4.39 Å². The third kappa shape index (κ3) is 5.45. The second kappa shape index (κ2) is 9.38. The molecule has 1 unspecified atom stereocenters. The SMILES string of the molecule is C=CC(CCCc1ccc(F)c(Nc2ccccc2)c1)c1ccc(Cl)cc1. The number of benzene rings is 3. The minimum atomic E-state index is -0.243. The van der Waals surface area contributed by atoms with Crippen molar-refractivity contribution < 1.29 is 4.39 Å². The van der Waals surface area contributed by atoms with Crippen molar-refractivity contribution in [3.8, 4) is 0 Å². The van der Waals surface area contributed by atoms with Gasteiger partial charge in [-0.1, -0.05) is 54.1 Å². The third-order valence-corrected chi connectivity index (χ3v) is 4.90. The summed E-state index contributed by atoms with van der Waals surface area (Å²) in [6.45, 7) is 3.97. The Morgan fingerprint density at radius 3 is 2.44 bits per heavy atom. The molecule has 3 aromatic carbocycles. The van der Waals surface area contributed by atoms with Gasteiger partial charge in [0.05, 0.1) is 5.69 Å². The lowest BCUT2D eigenvalue weighted by atomic mass is 9.92. The molecule has 138 valence electrons. The molecule has 0 heterocycles. The van der Waals surface area contributed by atoms with E-state index in [1.54, 1.807) is 0 Å². The number of aryl methyl sites for hydroxylation is 1. The molecule has 0 saturated heterocycles. The van der Waals surface area contributed by atoms with Gasteiger partial charge in [0.2, 0.25) is 0 Å². The molecule has 1 atom stereocenters. The highest BCUT2D eigenvalue weighted by molar-refractivity contribution is 6.30. The summed E-state index contributed by atoms with van der Waals surface area (Å²) in [4.78, 5) is 0. The van der Waals surface area contributed by atoms with Crippen LogP contribution < -0.4 is 5.32 Å². The summed E-state index contributed by atoms with van der Waals surface area (Å²) in [5.41, 5.74) is 3.73. The van der Waals surface area contributed by atoms with E-state index in [0.717, 1.165) is 35.5 Å². The minimum absolute atomic E-state index is 0.243. The summed E-state index contributed by atoms with van der Waals surface area (Å²) in [5, 5.41) is 3.89. The number of nitrogens with one attached hydrogen (secondary N) is 1. The molecule has 3 heteroatoms. The Kier molecular flexibility index (Phi) is 6.67. The van der Waals surface area contributed by atoms with Gasteiger partial charge < -0.3 is 5.32 Å². The number of anilines is 2. The number of para-hydroxylation sites is 1. The first-order chi connectivity index (χ1) is 13.2. The average molecular weight is 380 g/mol. The first-order valence-corrected chi connectivity index (χ1v) is 9.52. The van der Waals surface area contributed by atoms with E-state index < -0.39 is 0 Å². The number of halogens is 2. The molecule has 0 spiro atoms. The van der Waals surface area contributed by atoms with Gasteiger partial charge in [0.1, 0.15) is 5.82 Å². The van der Waals surface area contributed by atoms with E-state index in [-0.39, 0.29) is 5.82 Å². The molecule has 0 saturated carbocycles. The summed E-state index contributed by atoms with van der Waals surface area (Å²) in [5.74, 6) is 0.0531. The van der Waals surface area contributed by atoms with Gasteiger partial charge in [-0.05, 0) is 66.8 Å². The van der Waals surface area contributed by atoms with Gasteiger partial charge in [0, 0.05) is 16.6 Å². The van der Waals surface area contributed by atoms with Crippen LogP contribution in [0, 0.1) is 5.82 Å². The zero-order valence-corrected chi connectivity index (χ0v) is 15.9. The Balaban J connectivity index is 1.61. The monoisotopic (exact) mass is 379 g/mol. The van der Waals surface area contributed by atoms with Crippen molar-refractivity contribution >= 4 is 23.0 Å². The van der Waals surface area contributed by atoms with E-state index >= 15 is 0 Å². The maximum atomic E-state index is 14.1. The van der Waals surface area contributed by atoms with Crippen LogP contribution in [0.15, 0.2) is 85.5 Å². The van der Waals surface area contributed by atoms with Crippen molar-refractivity contribution in [3.63, 3.8) is 0 Å². The predicted octanol–water partition coefficient (Wildman–Crippen LogP) is 7.52. The molecular weight excluding hydrogens is 357 g/mol. The largest absolute Gasteiger partial charge is 0.353 e. The van der Waals surface area contributed by atoms with Crippen LogP contribution in [0.4, 0.5) is 15.8 Å². The van der Waals surface area contributed by atoms with Gasteiger partial charge in [-0.3, -0.25) is 0 Å². The van der Waals surface area contributed by atoms with E-state index in [2.05, 4.69) is 24.0 Å². The molecule has 3 aromatic rings. The normalized spacial score (nSPS) is 11.8. The smallest absolute Gasteiger partial charge is 0.146 e. The summed E-state index contributed by atoms with van der Waals surface area (Å²) >= 11 is 5.97. The molecule has 0 radical (unpaired) electrons. The highest BCUT2D eigenvalue weighted by Crippen LogP contribution is 2.26. The van der Waals surface area contributed by atoms with Gasteiger partial charge >= 0.3 is 0 Å². The van der Waals surface area contributed by atoms with Gasteiger partial charge in [-0.2, -0.15) is 0 Å². The zero-order valence-electron chi connectivity index (χ0n) is 15.2. The number of allylic oxidation sites excluding steroid dienone is 1. The van der Waals surface area contributed by atoms with Crippen molar-refractivity contribution in [2.75, 3.05) is 5.32 Å². The average Bonchev–Trinajstić information content (AvgIpc) is 2.69. The fourth-order valence-electron chi connectivity index (χ4n) is 3.16. The lowest BCUT2D eigenvalue weighted by molar-refractivity contribution is 0.629. The quantitative estimate of drug-likeness (QED) is 0.399. The molecule has 0 fully saturated rings. The molecule has 0 aliphatic carbocycles. The summed E-state index contributed by atoms with van der Waals surface area (Å²) in [6.07, 6.45) is 4.86. The van der Waals surface area contributed by atoms with Crippen LogP contribution in [-0.4, -0.2) is 0 Å². The fourth-order valence-corrected chi connectivity index (χ4v) is 3.28. The molecule has 0 aliphatic rings. The minimum Gasteiger partial charge on any atom is -0.353 e. The maximum Gasteiger partial charge on any atom is 0.146 e. The van der Waals surface area contributed by atoms with Crippen molar-refractivity contribution in [1.82, 2.24) is 0 Å². The Bertz CT molecular complexity index is 875. The molecule has 1 nitrogen and oxygen atoms in total. The molecular formula is C24H23ClFN. The molecule has 3 rings (SSSR count). The van der Waals surface area contributed by atoms with Crippen LogP contribution in [0.5, 0.6) is 0 Å². The molecule has 0 aromatic heterocycles.